The number of imidazole rings is 1. The van der Waals surface area contributed by atoms with Crippen LogP contribution in [0.4, 0.5) is 11.4 Å². The molecule has 2 aromatic carbocycles. The second kappa shape index (κ2) is 10.8. The smallest absolute Gasteiger partial charge is 0.340 e. The molecule has 1 aliphatic heterocycles. The predicted molar refractivity (Wildman–Crippen MR) is 125 cm³/mol. The Labute approximate surface area is 199 Å². The van der Waals surface area contributed by atoms with Gasteiger partial charge in [-0.15, -0.1) is 0 Å². The zero-order chi connectivity index (χ0) is 23.9. The third kappa shape index (κ3) is 5.87. The van der Waals surface area contributed by atoms with Crippen molar-refractivity contribution in [3.63, 3.8) is 0 Å². The van der Waals surface area contributed by atoms with Crippen LogP contribution in [0.5, 0.6) is 11.5 Å². The number of hydrogen-bond donors (Lipinski definition) is 2. The topological polar surface area (TPSA) is 121 Å². The van der Waals surface area contributed by atoms with Crippen molar-refractivity contribution >= 4 is 40.9 Å². The fraction of sp³-hybridized carbons (Fsp3) is 0.217. The van der Waals surface area contributed by atoms with Gasteiger partial charge >= 0.3 is 5.97 Å². The first-order chi connectivity index (χ1) is 16.5. The van der Waals surface area contributed by atoms with Crippen molar-refractivity contribution in [2.75, 3.05) is 36.2 Å². The van der Waals surface area contributed by atoms with E-state index in [4.69, 9.17) is 14.2 Å². The zero-order valence-electron chi connectivity index (χ0n) is 18.3. The highest BCUT2D eigenvalue weighted by Gasteiger charge is 2.17. The summed E-state index contributed by atoms with van der Waals surface area (Å²) in [6.07, 6.45) is 3.44. The summed E-state index contributed by atoms with van der Waals surface area (Å²) in [5.41, 5.74) is 0.929. The summed E-state index contributed by atoms with van der Waals surface area (Å²) >= 11 is 1.27. The molecule has 10 nitrogen and oxygen atoms in total. The van der Waals surface area contributed by atoms with Gasteiger partial charge in [0.15, 0.2) is 23.3 Å². The van der Waals surface area contributed by atoms with Gasteiger partial charge < -0.3 is 29.4 Å². The normalized spacial score (nSPS) is 12.0. The molecule has 0 saturated carbocycles. The Morgan fingerprint density at radius 2 is 1.85 bits per heavy atom. The maximum absolute atomic E-state index is 12.6. The van der Waals surface area contributed by atoms with Gasteiger partial charge in [0.25, 0.3) is 5.91 Å². The average molecular weight is 483 g/mol. The lowest BCUT2D eigenvalue weighted by molar-refractivity contribution is -0.119. The van der Waals surface area contributed by atoms with Gasteiger partial charge in [-0.3, -0.25) is 9.59 Å². The number of amides is 2. The molecule has 0 fully saturated rings. The van der Waals surface area contributed by atoms with Crippen LogP contribution in [-0.4, -0.2) is 52.9 Å². The largest absolute Gasteiger partial charge is 0.486 e. The molecule has 0 aliphatic carbocycles. The van der Waals surface area contributed by atoms with E-state index in [1.165, 1.54) is 17.8 Å². The number of rotatable bonds is 8. The van der Waals surface area contributed by atoms with Crippen LogP contribution in [0.1, 0.15) is 10.4 Å². The van der Waals surface area contributed by atoms with Crippen molar-refractivity contribution in [3.8, 4) is 11.5 Å². The van der Waals surface area contributed by atoms with Crippen molar-refractivity contribution in [1.29, 1.82) is 0 Å². The number of thioether (sulfide) groups is 1. The molecule has 2 heterocycles. The zero-order valence-corrected chi connectivity index (χ0v) is 19.1. The molecule has 2 amide bonds. The number of carbonyl (C=O) groups excluding carboxylic acids is 3. The van der Waals surface area contributed by atoms with Crippen LogP contribution in [0.3, 0.4) is 0 Å². The summed E-state index contributed by atoms with van der Waals surface area (Å²) in [4.78, 5) is 41.4. The van der Waals surface area contributed by atoms with Crippen LogP contribution >= 0.6 is 11.8 Å². The maximum Gasteiger partial charge on any atom is 0.340 e. The number of carbonyl (C=O) groups is 3. The van der Waals surface area contributed by atoms with Crippen molar-refractivity contribution in [2.24, 2.45) is 7.05 Å². The number of ether oxygens (including phenoxy) is 3. The Bertz CT molecular complexity index is 1210. The highest BCUT2D eigenvalue weighted by atomic mass is 32.2. The van der Waals surface area contributed by atoms with Gasteiger partial charge in [-0.2, -0.15) is 0 Å². The number of benzene rings is 2. The number of esters is 1. The predicted octanol–water partition coefficient (Wildman–Crippen LogP) is 2.72. The summed E-state index contributed by atoms with van der Waals surface area (Å²) < 4.78 is 17.9. The molecule has 11 heteroatoms. The van der Waals surface area contributed by atoms with E-state index in [0.29, 0.717) is 41.2 Å². The van der Waals surface area contributed by atoms with Crippen LogP contribution in [-0.2, 0) is 21.4 Å². The van der Waals surface area contributed by atoms with Crippen molar-refractivity contribution in [1.82, 2.24) is 9.55 Å². The molecule has 0 radical (unpaired) electrons. The quantitative estimate of drug-likeness (QED) is 0.371. The SMILES string of the molecule is Cn1ccnc1SCC(=O)Nc1ccccc1C(=O)OCC(=O)Nc1ccc2c(c1)OCCO2. The standard InChI is InChI=1S/C23H22N4O6S/c1-27-9-8-24-23(27)34-14-21(29)26-17-5-3-2-4-16(17)22(30)33-13-20(28)25-15-6-7-18-19(12-15)32-11-10-31-18/h2-9,12H,10-11,13-14H2,1H3,(H,25,28)(H,26,29). The minimum absolute atomic E-state index is 0.117. The highest BCUT2D eigenvalue weighted by Crippen LogP contribution is 2.32. The summed E-state index contributed by atoms with van der Waals surface area (Å²) in [6, 6.07) is 11.4. The molecular formula is C23H22N4O6S. The molecule has 4 rings (SSSR count). The van der Waals surface area contributed by atoms with Crippen LogP contribution in [0, 0.1) is 0 Å². The number of anilines is 2. The summed E-state index contributed by atoms with van der Waals surface area (Å²) in [5.74, 6) is -0.293. The molecule has 0 unspecified atom stereocenters. The van der Waals surface area contributed by atoms with Crippen LogP contribution in [0.2, 0.25) is 0 Å². The van der Waals surface area contributed by atoms with Crippen molar-refractivity contribution in [2.45, 2.75) is 5.16 Å². The van der Waals surface area contributed by atoms with E-state index in [9.17, 15) is 14.4 Å². The minimum Gasteiger partial charge on any atom is -0.486 e. The molecule has 3 aromatic rings. The second-order valence-electron chi connectivity index (χ2n) is 7.19. The molecule has 176 valence electrons. The van der Waals surface area contributed by atoms with Gasteiger partial charge in [-0.25, -0.2) is 9.78 Å². The lowest BCUT2D eigenvalue weighted by Gasteiger charge is -2.19. The fourth-order valence-electron chi connectivity index (χ4n) is 3.10. The molecule has 2 N–H and O–H groups in total. The molecule has 0 saturated heterocycles. The molecule has 34 heavy (non-hydrogen) atoms. The van der Waals surface area contributed by atoms with Gasteiger partial charge in [0.2, 0.25) is 5.91 Å². The first kappa shape index (κ1) is 23.2. The third-order valence-electron chi connectivity index (χ3n) is 4.69. The molecule has 0 atom stereocenters. The monoisotopic (exact) mass is 482 g/mol. The number of aryl methyl sites for hydroxylation is 1. The minimum atomic E-state index is -0.732. The van der Waals surface area contributed by atoms with E-state index in [-0.39, 0.29) is 17.2 Å². The number of aromatic nitrogens is 2. The van der Waals surface area contributed by atoms with E-state index >= 15 is 0 Å². The maximum atomic E-state index is 12.6. The number of nitrogens with one attached hydrogen (secondary N) is 2. The Hall–Kier alpha value is -3.99. The first-order valence-electron chi connectivity index (χ1n) is 10.4. The van der Waals surface area contributed by atoms with Crippen molar-refractivity contribution < 1.29 is 28.6 Å². The summed E-state index contributed by atoms with van der Waals surface area (Å²) in [6.45, 7) is 0.407. The number of hydrogen-bond acceptors (Lipinski definition) is 8. The number of para-hydroxylation sites is 1. The fourth-order valence-corrected chi connectivity index (χ4v) is 3.84. The molecular weight excluding hydrogens is 460 g/mol. The third-order valence-corrected chi connectivity index (χ3v) is 5.75. The second-order valence-corrected chi connectivity index (χ2v) is 8.13. The lowest BCUT2D eigenvalue weighted by atomic mass is 10.2. The van der Waals surface area contributed by atoms with Gasteiger partial charge in [0.1, 0.15) is 13.2 Å². The van der Waals surface area contributed by atoms with E-state index in [0.717, 1.165) is 0 Å². The Morgan fingerprint density at radius 1 is 1.06 bits per heavy atom. The summed E-state index contributed by atoms with van der Waals surface area (Å²) in [7, 11) is 1.84. The first-order valence-corrected chi connectivity index (χ1v) is 11.3. The van der Waals surface area contributed by atoms with Gasteiger partial charge in [-0.05, 0) is 24.3 Å². The van der Waals surface area contributed by atoms with E-state index in [1.807, 2.05) is 7.05 Å². The number of nitrogens with zero attached hydrogens (tertiary/aromatic N) is 2. The Kier molecular flexibility index (Phi) is 7.33. The molecule has 1 aliphatic rings. The average Bonchev–Trinajstić information content (AvgIpc) is 3.26. The van der Waals surface area contributed by atoms with Gasteiger partial charge in [0.05, 0.1) is 17.0 Å². The van der Waals surface area contributed by atoms with Crippen LogP contribution in [0.25, 0.3) is 0 Å². The summed E-state index contributed by atoms with van der Waals surface area (Å²) in [5, 5.41) is 6.05. The van der Waals surface area contributed by atoms with Crippen LogP contribution < -0.4 is 20.1 Å². The molecule has 0 bridgehead atoms. The van der Waals surface area contributed by atoms with Gasteiger partial charge in [0, 0.05) is 31.2 Å². The van der Waals surface area contributed by atoms with Crippen molar-refractivity contribution in [3.05, 3.63) is 60.4 Å². The lowest BCUT2D eigenvalue weighted by Crippen LogP contribution is -2.22. The van der Waals surface area contributed by atoms with E-state index in [1.54, 1.807) is 53.4 Å². The number of fused-ring (bicyclic) bond motifs is 1. The highest BCUT2D eigenvalue weighted by molar-refractivity contribution is 7.99. The Balaban J connectivity index is 1.30. The van der Waals surface area contributed by atoms with E-state index in [2.05, 4.69) is 15.6 Å². The van der Waals surface area contributed by atoms with Crippen LogP contribution in [0.15, 0.2) is 60.0 Å². The van der Waals surface area contributed by atoms with E-state index < -0.39 is 18.5 Å². The van der Waals surface area contributed by atoms with Gasteiger partial charge in [-0.1, -0.05) is 23.9 Å². The molecule has 1 aromatic heterocycles. The molecule has 0 spiro atoms. The Morgan fingerprint density at radius 3 is 2.65 bits per heavy atom.